The third-order valence-electron chi connectivity index (χ3n) is 4.85. The number of rotatable bonds is 5. The summed E-state index contributed by atoms with van der Waals surface area (Å²) in [6.45, 7) is 1.74. The van der Waals surface area contributed by atoms with E-state index in [4.69, 9.17) is 0 Å². The van der Waals surface area contributed by atoms with E-state index in [-0.39, 0.29) is 5.69 Å². The van der Waals surface area contributed by atoms with Gasteiger partial charge < -0.3 is 25.2 Å². The number of carbonyl (C=O) groups is 1. The summed E-state index contributed by atoms with van der Waals surface area (Å²) in [5, 5.41) is 14.0. The van der Waals surface area contributed by atoms with Gasteiger partial charge in [0.2, 0.25) is 0 Å². The van der Waals surface area contributed by atoms with Crippen LogP contribution in [0.1, 0.15) is 0 Å². The zero-order chi connectivity index (χ0) is 23.3. The number of amides is 2. The van der Waals surface area contributed by atoms with Crippen LogP contribution in [-0.2, 0) is 0 Å². The molecule has 4 rings (SSSR count). The van der Waals surface area contributed by atoms with E-state index in [9.17, 15) is 18.0 Å². The highest BCUT2D eigenvalue weighted by Crippen LogP contribution is 2.30. The van der Waals surface area contributed by atoms with Crippen molar-refractivity contribution < 1.29 is 22.7 Å². The van der Waals surface area contributed by atoms with Gasteiger partial charge in [-0.25, -0.2) is 4.79 Å². The van der Waals surface area contributed by atoms with Gasteiger partial charge in [0, 0.05) is 44.3 Å². The minimum absolute atomic E-state index is 0.0505. The number of nitrogens with zero attached hydrogens (tertiary/aromatic N) is 5. The first-order valence-electron chi connectivity index (χ1n) is 10.0. The van der Waals surface area contributed by atoms with Crippen LogP contribution < -0.4 is 20.3 Å². The van der Waals surface area contributed by atoms with Crippen molar-refractivity contribution in [1.82, 2.24) is 20.1 Å². The number of piperazine rings is 1. The predicted octanol–water partition coefficient (Wildman–Crippen LogP) is 3.87. The van der Waals surface area contributed by atoms with Crippen molar-refractivity contribution in [3.05, 3.63) is 60.9 Å². The van der Waals surface area contributed by atoms with Crippen LogP contribution in [0.5, 0.6) is 5.75 Å². The number of hydrogen-bond acceptors (Lipinski definition) is 7. The lowest BCUT2D eigenvalue weighted by atomic mass is 10.3. The van der Waals surface area contributed by atoms with Gasteiger partial charge in [-0.15, -0.1) is 23.4 Å². The number of anilines is 4. The lowest BCUT2D eigenvalue weighted by molar-refractivity contribution is -0.274. The summed E-state index contributed by atoms with van der Waals surface area (Å²) in [4.78, 5) is 20.0. The molecule has 1 aliphatic heterocycles. The number of pyridine rings is 1. The maximum Gasteiger partial charge on any atom is 0.573 e. The van der Waals surface area contributed by atoms with Crippen molar-refractivity contribution in [2.75, 3.05) is 41.7 Å². The van der Waals surface area contributed by atoms with Gasteiger partial charge in [-0.1, -0.05) is 12.1 Å². The summed E-state index contributed by atoms with van der Waals surface area (Å²) in [6.07, 6.45) is -1.51. The third-order valence-corrected chi connectivity index (χ3v) is 4.85. The first kappa shape index (κ1) is 22.1. The fraction of sp³-hybridized carbons (Fsp3) is 0.238. The van der Waals surface area contributed by atoms with Gasteiger partial charge in [0.25, 0.3) is 0 Å². The molecule has 9 nitrogen and oxygen atoms in total. The maximum absolute atomic E-state index is 12.6. The zero-order valence-electron chi connectivity index (χ0n) is 17.3. The Hall–Kier alpha value is -4.09. The Morgan fingerprint density at radius 2 is 1.67 bits per heavy atom. The fourth-order valence-electron chi connectivity index (χ4n) is 3.26. The minimum atomic E-state index is -4.85. The topological polar surface area (TPSA) is 95.5 Å². The number of urea groups is 1. The standard InChI is InChI=1S/C21H20F3N7O2/c22-21(23,24)33-17-4-2-1-3-16(17)27-20(32)31-13-11-30(12-14-31)19-6-5-18(28-29-19)26-15-7-9-25-10-8-15/h1-10H,11-14H2,(H,27,32)(H,25,26,28). The molecule has 1 saturated heterocycles. The summed E-state index contributed by atoms with van der Waals surface area (Å²) in [7, 11) is 0. The van der Waals surface area contributed by atoms with Crippen LogP contribution >= 0.6 is 0 Å². The van der Waals surface area contributed by atoms with Crippen LogP contribution in [-0.4, -0.2) is 58.7 Å². The molecule has 2 aromatic heterocycles. The molecular formula is C21H20F3N7O2. The van der Waals surface area contributed by atoms with Crippen molar-refractivity contribution in [2.45, 2.75) is 6.36 Å². The third kappa shape index (κ3) is 5.99. The second-order valence-corrected chi connectivity index (χ2v) is 7.09. The Bertz CT molecular complexity index is 1070. The Labute approximate surface area is 187 Å². The van der Waals surface area contributed by atoms with E-state index in [0.717, 1.165) is 11.8 Å². The highest BCUT2D eigenvalue weighted by atomic mass is 19.4. The molecule has 0 spiro atoms. The molecule has 3 aromatic rings. The lowest BCUT2D eigenvalue weighted by Gasteiger charge is -2.35. The number of hydrogen-bond donors (Lipinski definition) is 2. The molecular weight excluding hydrogens is 439 g/mol. The first-order chi connectivity index (χ1) is 15.9. The number of halogens is 3. The van der Waals surface area contributed by atoms with E-state index in [1.54, 1.807) is 18.5 Å². The number of aromatic nitrogens is 3. The summed E-state index contributed by atoms with van der Waals surface area (Å²) in [5.41, 5.74) is 0.791. The molecule has 2 N–H and O–H groups in total. The lowest BCUT2D eigenvalue weighted by Crippen LogP contribution is -2.50. The number of benzene rings is 1. The van der Waals surface area contributed by atoms with Crippen LogP contribution in [0.25, 0.3) is 0 Å². The predicted molar refractivity (Wildman–Crippen MR) is 115 cm³/mol. The molecule has 0 unspecified atom stereocenters. The van der Waals surface area contributed by atoms with Crippen molar-refractivity contribution in [2.24, 2.45) is 0 Å². The average molecular weight is 459 g/mol. The first-order valence-corrected chi connectivity index (χ1v) is 10.0. The summed E-state index contributed by atoms with van der Waals surface area (Å²) in [5.74, 6) is 0.787. The van der Waals surface area contributed by atoms with Crippen molar-refractivity contribution in [1.29, 1.82) is 0 Å². The molecule has 2 amide bonds. The smallest absolute Gasteiger partial charge is 0.404 e. The minimum Gasteiger partial charge on any atom is -0.404 e. The van der Waals surface area contributed by atoms with E-state index in [2.05, 4.69) is 30.6 Å². The molecule has 1 aliphatic rings. The SMILES string of the molecule is O=C(Nc1ccccc1OC(F)(F)F)N1CCN(c2ccc(Nc3ccncc3)nn2)CC1. The number of nitrogens with one attached hydrogen (secondary N) is 2. The largest absolute Gasteiger partial charge is 0.573 e. The highest BCUT2D eigenvalue weighted by Gasteiger charge is 2.32. The summed E-state index contributed by atoms with van der Waals surface area (Å²) < 4.78 is 41.7. The number of para-hydroxylation sites is 2. The normalized spacial score (nSPS) is 14.0. The molecule has 172 valence electrons. The van der Waals surface area contributed by atoms with Crippen molar-refractivity contribution in [3.8, 4) is 5.75 Å². The molecule has 0 saturated carbocycles. The molecule has 0 atom stereocenters. The van der Waals surface area contributed by atoms with Crippen LogP contribution in [0.4, 0.5) is 41.0 Å². The molecule has 3 heterocycles. The summed E-state index contributed by atoms with van der Waals surface area (Å²) in [6, 6.07) is 12.2. The number of carbonyl (C=O) groups excluding carboxylic acids is 1. The monoisotopic (exact) mass is 459 g/mol. The highest BCUT2D eigenvalue weighted by molar-refractivity contribution is 5.91. The van der Waals surface area contributed by atoms with Gasteiger partial charge in [0.05, 0.1) is 5.69 Å². The number of alkyl halides is 3. The van der Waals surface area contributed by atoms with Gasteiger partial charge in [-0.05, 0) is 36.4 Å². The Morgan fingerprint density at radius 1 is 0.939 bits per heavy atom. The molecule has 12 heteroatoms. The van der Waals surface area contributed by atoms with Gasteiger partial charge in [0.15, 0.2) is 17.4 Å². The fourth-order valence-corrected chi connectivity index (χ4v) is 3.26. The van der Waals surface area contributed by atoms with Gasteiger partial charge in [-0.3, -0.25) is 4.98 Å². The zero-order valence-corrected chi connectivity index (χ0v) is 17.3. The van der Waals surface area contributed by atoms with Gasteiger partial charge in [-0.2, -0.15) is 0 Å². The van der Waals surface area contributed by atoms with Crippen molar-refractivity contribution >= 4 is 29.0 Å². The van der Waals surface area contributed by atoms with Crippen molar-refractivity contribution in [3.63, 3.8) is 0 Å². The van der Waals surface area contributed by atoms with E-state index in [0.29, 0.717) is 37.8 Å². The molecule has 0 bridgehead atoms. The van der Waals surface area contributed by atoms with Crippen LogP contribution in [0.2, 0.25) is 0 Å². The maximum atomic E-state index is 12.6. The Balaban J connectivity index is 1.31. The van der Waals surface area contributed by atoms with Crippen LogP contribution in [0, 0.1) is 0 Å². The summed E-state index contributed by atoms with van der Waals surface area (Å²) >= 11 is 0. The molecule has 0 radical (unpaired) electrons. The van der Waals surface area contributed by atoms with Gasteiger partial charge >= 0.3 is 12.4 Å². The van der Waals surface area contributed by atoms with Crippen LogP contribution in [0.3, 0.4) is 0 Å². The van der Waals surface area contributed by atoms with E-state index in [1.807, 2.05) is 23.1 Å². The quantitative estimate of drug-likeness (QED) is 0.598. The Morgan fingerprint density at radius 3 is 2.33 bits per heavy atom. The van der Waals surface area contributed by atoms with E-state index < -0.39 is 18.1 Å². The second-order valence-electron chi connectivity index (χ2n) is 7.09. The van der Waals surface area contributed by atoms with E-state index in [1.165, 1.54) is 23.1 Å². The van der Waals surface area contributed by atoms with Crippen LogP contribution in [0.15, 0.2) is 60.9 Å². The number of ether oxygens (including phenoxy) is 1. The second kappa shape index (κ2) is 9.59. The molecule has 33 heavy (non-hydrogen) atoms. The molecule has 1 aromatic carbocycles. The molecule has 0 aliphatic carbocycles. The molecule has 1 fully saturated rings. The van der Waals surface area contributed by atoms with E-state index >= 15 is 0 Å². The van der Waals surface area contributed by atoms with Gasteiger partial charge in [0.1, 0.15) is 0 Å². The Kier molecular flexibility index (Phi) is 6.43. The average Bonchev–Trinajstić information content (AvgIpc) is 2.81.